The lowest BCUT2D eigenvalue weighted by Crippen LogP contribution is -2.15. The highest BCUT2D eigenvalue weighted by Gasteiger charge is 2.11. The number of para-hydroxylation sites is 2. The SMILES string of the molecule is O=C(CSCc1ccc(Cl)c(Cl)c1)Nc1ccccc1OC(F)F. The van der Waals surface area contributed by atoms with E-state index in [2.05, 4.69) is 10.1 Å². The summed E-state index contributed by atoms with van der Waals surface area (Å²) in [6.45, 7) is -2.95. The molecule has 0 heterocycles. The molecule has 8 heteroatoms. The van der Waals surface area contributed by atoms with Gasteiger partial charge in [0, 0.05) is 5.75 Å². The van der Waals surface area contributed by atoms with Gasteiger partial charge >= 0.3 is 6.61 Å². The van der Waals surface area contributed by atoms with Gasteiger partial charge in [0.2, 0.25) is 5.91 Å². The third kappa shape index (κ3) is 5.85. The average Bonchev–Trinajstić information content (AvgIpc) is 2.52. The number of nitrogens with one attached hydrogen (secondary N) is 1. The van der Waals surface area contributed by atoms with E-state index in [1.165, 1.54) is 23.9 Å². The van der Waals surface area contributed by atoms with Crippen LogP contribution in [0, 0.1) is 0 Å². The lowest BCUT2D eigenvalue weighted by molar-refractivity contribution is -0.113. The number of amides is 1. The molecule has 0 saturated carbocycles. The van der Waals surface area contributed by atoms with E-state index in [-0.39, 0.29) is 23.1 Å². The Bertz CT molecular complexity index is 716. The number of carbonyl (C=O) groups excluding carboxylic acids is 1. The molecule has 0 saturated heterocycles. The Morgan fingerprint density at radius 2 is 1.92 bits per heavy atom. The first kappa shape index (κ1) is 18.8. The van der Waals surface area contributed by atoms with E-state index in [4.69, 9.17) is 23.2 Å². The van der Waals surface area contributed by atoms with Crippen LogP contribution in [0.25, 0.3) is 0 Å². The molecular weight excluding hydrogens is 379 g/mol. The zero-order valence-corrected chi connectivity index (χ0v) is 14.6. The summed E-state index contributed by atoms with van der Waals surface area (Å²) in [6, 6.07) is 11.3. The molecule has 3 nitrogen and oxygen atoms in total. The maximum absolute atomic E-state index is 12.3. The van der Waals surface area contributed by atoms with E-state index in [0.717, 1.165) is 5.56 Å². The molecule has 128 valence electrons. The number of halogens is 4. The third-order valence-electron chi connectivity index (χ3n) is 2.86. The first-order chi connectivity index (χ1) is 11.5. The normalized spacial score (nSPS) is 10.7. The molecule has 0 bridgehead atoms. The Hall–Kier alpha value is -1.50. The van der Waals surface area contributed by atoms with Crippen LogP contribution in [0.1, 0.15) is 5.56 Å². The van der Waals surface area contributed by atoms with E-state index in [0.29, 0.717) is 15.8 Å². The number of anilines is 1. The minimum Gasteiger partial charge on any atom is -0.433 e. The van der Waals surface area contributed by atoms with Gasteiger partial charge in [-0.1, -0.05) is 41.4 Å². The summed E-state index contributed by atoms with van der Waals surface area (Å²) in [7, 11) is 0. The molecule has 0 aliphatic rings. The molecule has 0 aliphatic carbocycles. The molecule has 0 unspecified atom stereocenters. The second-order valence-electron chi connectivity index (χ2n) is 4.66. The predicted octanol–water partition coefficient (Wildman–Crippen LogP) is 5.47. The number of ether oxygens (including phenoxy) is 1. The second-order valence-corrected chi connectivity index (χ2v) is 6.46. The van der Waals surface area contributed by atoms with E-state index >= 15 is 0 Å². The molecule has 0 atom stereocenters. The number of benzene rings is 2. The largest absolute Gasteiger partial charge is 0.433 e. The fourth-order valence-electron chi connectivity index (χ4n) is 1.85. The van der Waals surface area contributed by atoms with Gasteiger partial charge in [0.25, 0.3) is 0 Å². The first-order valence-electron chi connectivity index (χ1n) is 6.81. The summed E-state index contributed by atoms with van der Waals surface area (Å²) in [6.07, 6.45) is 0. The van der Waals surface area contributed by atoms with Gasteiger partial charge in [-0.3, -0.25) is 4.79 Å². The van der Waals surface area contributed by atoms with Crippen molar-refractivity contribution in [3.8, 4) is 5.75 Å². The second kappa shape index (κ2) is 9.11. The van der Waals surface area contributed by atoms with Crippen LogP contribution in [0.2, 0.25) is 10.0 Å². The van der Waals surface area contributed by atoms with Crippen molar-refractivity contribution in [2.75, 3.05) is 11.1 Å². The summed E-state index contributed by atoms with van der Waals surface area (Å²) in [5.74, 6) is 0.337. The topological polar surface area (TPSA) is 38.3 Å². The molecule has 24 heavy (non-hydrogen) atoms. The predicted molar refractivity (Wildman–Crippen MR) is 94.3 cm³/mol. The summed E-state index contributed by atoms with van der Waals surface area (Å²) >= 11 is 13.1. The van der Waals surface area contributed by atoms with Crippen molar-refractivity contribution < 1.29 is 18.3 Å². The van der Waals surface area contributed by atoms with E-state index in [9.17, 15) is 13.6 Å². The van der Waals surface area contributed by atoms with E-state index < -0.39 is 6.61 Å². The Balaban J connectivity index is 1.86. The quantitative estimate of drug-likeness (QED) is 0.680. The fraction of sp³-hybridized carbons (Fsp3) is 0.188. The van der Waals surface area contributed by atoms with Gasteiger partial charge in [-0.2, -0.15) is 8.78 Å². The van der Waals surface area contributed by atoms with Crippen LogP contribution in [0.15, 0.2) is 42.5 Å². The van der Waals surface area contributed by atoms with Gasteiger partial charge < -0.3 is 10.1 Å². The van der Waals surface area contributed by atoms with E-state index in [1.807, 2.05) is 6.07 Å². The molecule has 1 amide bonds. The summed E-state index contributed by atoms with van der Waals surface area (Å²) in [4.78, 5) is 11.9. The maximum Gasteiger partial charge on any atom is 0.387 e. The number of alkyl halides is 2. The van der Waals surface area contributed by atoms with Gasteiger partial charge in [0.1, 0.15) is 5.75 Å². The zero-order chi connectivity index (χ0) is 17.5. The molecular formula is C16H13Cl2F2NO2S. The third-order valence-corrected chi connectivity index (χ3v) is 4.61. The smallest absolute Gasteiger partial charge is 0.387 e. The van der Waals surface area contributed by atoms with E-state index in [1.54, 1.807) is 24.3 Å². The van der Waals surface area contributed by atoms with Crippen molar-refractivity contribution >= 4 is 46.6 Å². The molecule has 0 radical (unpaired) electrons. The number of rotatable bonds is 7. The van der Waals surface area contributed by atoms with Gasteiger partial charge in [-0.05, 0) is 29.8 Å². The molecule has 0 aliphatic heterocycles. The Morgan fingerprint density at radius 3 is 2.62 bits per heavy atom. The van der Waals surface area contributed by atoms with Crippen molar-refractivity contribution in [2.24, 2.45) is 0 Å². The van der Waals surface area contributed by atoms with Gasteiger partial charge in [0.05, 0.1) is 21.5 Å². The molecule has 2 rings (SSSR count). The van der Waals surface area contributed by atoms with Crippen LogP contribution in [0.4, 0.5) is 14.5 Å². The average molecular weight is 392 g/mol. The highest BCUT2D eigenvalue weighted by atomic mass is 35.5. The van der Waals surface area contributed by atoms with Gasteiger partial charge in [0.15, 0.2) is 0 Å². The maximum atomic E-state index is 12.3. The lowest BCUT2D eigenvalue weighted by Gasteiger charge is -2.11. The number of carbonyl (C=O) groups is 1. The van der Waals surface area contributed by atoms with Crippen LogP contribution in [-0.2, 0) is 10.5 Å². The monoisotopic (exact) mass is 391 g/mol. The van der Waals surface area contributed by atoms with Gasteiger partial charge in [-0.15, -0.1) is 11.8 Å². The Kier molecular flexibility index (Phi) is 7.15. The van der Waals surface area contributed by atoms with Gasteiger partial charge in [-0.25, -0.2) is 0 Å². The van der Waals surface area contributed by atoms with Crippen LogP contribution in [0.3, 0.4) is 0 Å². The number of hydrogen-bond acceptors (Lipinski definition) is 3. The van der Waals surface area contributed by atoms with Crippen LogP contribution < -0.4 is 10.1 Å². The Morgan fingerprint density at radius 1 is 1.17 bits per heavy atom. The summed E-state index contributed by atoms with van der Waals surface area (Å²) in [5, 5.41) is 3.48. The van der Waals surface area contributed by atoms with Crippen molar-refractivity contribution in [1.29, 1.82) is 0 Å². The molecule has 1 N–H and O–H groups in total. The van der Waals surface area contributed by atoms with Crippen molar-refractivity contribution in [3.63, 3.8) is 0 Å². The van der Waals surface area contributed by atoms with Crippen molar-refractivity contribution in [2.45, 2.75) is 12.4 Å². The van der Waals surface area contributed by atoms with Crippen molar-refractivity contribution in [3.05, 3.63) is 58.1 Å². The number of hydrogen-bond donors (Lipinski definition) is 1. The highest BCUT2D eigenvalue weighted by Crippen LogP contribution is 2.27. The summed E-state index contributed by atoms with van der Waals surface area (Å²) in [5.41, 5.74) is 1.14. The number of thioether (sulfide) groups is 1. The molecule has 0 fully saturated rings. The molecule has 0 spiro atoms. The highest BCUT2D eigenvalue weighted by molar-refractivity contribution is 7.99. The molecule has 2 aromatic carbocycles. The summed E-state index contributed by atoms with van der Waals surface area (Å²) < 4.78 is 29.0. The zero-order valence-electron chi connectivity index (χ0n) is 12.3. The standard InChI is InChI=1S/C16H13Cl2F2NO2S/c17-11-6-5-10(7-12(11)18)8-24-9-15(22)21-13-3-1-2-4-14(13)23-16(19)20/h1-7,16H,8-9H2,(H,21,22). The lowest BCUT2D eigenvalue weighted by atomic mass is 10.2. The minimum atomic E-state index is -2.95. The minimum absolute atomic E-state index is 0.0738. The van der Waals surface area contributed by atoms with Crippen LogP contribution in [0.5, 0.6) is 5.75 Å². The van der Waals surface area contributed by atoms with Crippen LogP contribution in [-0.4, -0.2) is 18.3 Å². The Labute approximate surface area is 152 Å². The first-order valence-corrected chi connectivity index (χ1v) is 8.72. The van der Waals surface area contributed by atoms with Crippen LogP contribution >= 0.6 is 35.0 Å². The fourth-order valence-corrected chi connectivity index (χ4v) is 2.94. The molecule has 0 aromatic heterocycles. The van der Waals surface area contributed by atoms with Crippen molar-refractivity contribution in [1.82, 2.24) is 0 Å². The molecule has 2 aromatic rings.